The maximum atomic E-state index is 15.0. The molecule has 8 atom stereocenters. The van der Waals surface area contributed by atoms with Gasteiger partial charge in [-0.15, -0.1) is 0 Å². The minimum absolute atomic E-state index is 0.0538. The molecular weight excluding hydrogens is 650 g/mol. The predicted octanol–water partition coefficient (Wildman–Crippen LogP) is 3.61. The highest BCUT2D eigenvalue weighted by Gasteiger charge is 2.74. The Bertz CT molecular complexity index is 1610. The lowest BCUT2D eigenvalue weighted by Gasteiger charge is -2.40. The number of halogens is 1. The number of hydrogen-bond donors (Lipinski definition) is 2. The van der Waals surface area contributed by atoms with Crippen molar-refractivity contribution in [2.45, 2.75) is 62.6 Å². The average molecular weight is 692 g/mol. The molecule has 2 N–H and O–H groups in total. The fraction of sp³-hybridized carbons (Fsp3) is 0.459. The minimum Gasteiger partial charge on any atom is -0.455 e. The molecule has 2 aromatic rings. The van der Waals surface area contributed by atoms with Gasteiger partial charge in [-0.25, -0.2) is 0 Å². The maximum absolute atomic E-state index is 15.0. The number of nitrogens with zero attached hydrogens (tertiary/aromatic N) is 2. The lowest BCUT2D eigenvalue weighted by atomic mass is 9.74. The molecule has 2 aromatic carbocycles. The van der Waals surface area contributed by atoms with E-state index in [1.807, 2.05) is 38.1 Å². The topological polar surface area (TPSA) is 135 Å². The minimum atomic E-state index is -1.49. The Kier molecular flexibility index (Phi) is 10.3. The summed E-state index contributed by atoms with van der Waals surface area (Å²) < 4.78 is 18.3. The van der Waals surface area contributed by atoms with Gasteiger partial charge >= 0.3 is 5.97 Å². The number of carbonyl (C=O) groups is 4. The van der Waals surface area contributed by atoms with Crippen LogP contribution in [0.2, 0.25) is 5.02 Å². The lowest BCUT2D eigenvalue weighted by Crippen LogP contribution is -2.59. The van der Waals surface area contributed by atoms with E-state index in [0.29, 0.717) is 22.7 Å². The SMILES string of the molecule is COC[C@@H]1NC(=O)CC/C=C\CN(c2ccc(Cl)cc2)C(=O)[C@H]2N([C@@H](CO)C(C)C)C(=O)[C@@H]3[C@@H](C(=O)O[C@H]1c1ccccc1)[C@H]1C=C[C@]32O1. The number of likely N-dealkylation sites (tertiary alicyclic amines) is 1. The van der Waals surface area contributed by atoms with Crippen LogP contribution in [0, 0.1) is 17.8 Å². The van der Waals surface area contributed by atoms with Gasteiger partial charge in [0.2, 0.25) is 11.8 Å². The lowest BCUT2D eigenvalue weighted by molar-refractivity contribution is -0.162. The molecule has 0 saturated carbocycles. The van der Waals surface area contributed by atoms with Gasteiger partial charge in [0, 0.05) is 30.8 Å². The van der Waals surface area contributed by atoms with Gasteiger partial charge in [0.1, 0.15) is 23.7 Å². The number of aliphatic hydroxyl groups is 1. The van der Waals surface area contributed by atoms with E-state index in [4.69, 9.17) is 25.8 Å². The molecule has 260 valence electrons. The van der Waals surface area contributed by atoms with Gasteiger partial charge in [-0.2, -0.15) is 0 Å². The smallest absolute Gasteiger partial charge is 0.313 e. The molecule has 49 heavy (non-hydrogen) atoms. The first-order valence-electron chi connectivity index (χ1n) is 16.7. The Morgan fingerprint density at radius 1 is 1.04 bits per heavy atom. The number of cyclic esters (lactones) is 1. The summed E-state index contributed by atoms with van der Waals surface area (Å²) in [6.45, 7) is 3.52. The van der Waals surface area contributed by atoms with Crippen molar-refractivity contribution in [2.24, 2.45) is 17.8 Å². The van der Waals surface area contributed by atoms with Crippen LogP contribution < -0.4 is 10.2 Å². The number of ether oxygens (including phenoxy) is 3. The number of amides is 3. The summed E-state index contributed by atoms with van der Waals surface area (Å²) in [6, 6.07) is 13.2. The summed E-state index contributed by atoms with van der Waals surface area (Å²) in [5.74, 6) is -4.28. The largest absolute Gasteiger partial charge is 0.455 e. The van der Waals surface area contributed by atoms with Crippen molar-refractivity contribution in [3.63, 3.8) is 0 Å². The number of carbonyl (C=O) groups excluding carboxylic acids is 4. The molecule has 4 heterocycles. The summed E-state index contributed by atoms with van der Waals surface area (Å²) in [5.41, 5.74) is -0.320. The number of rotatable bonds is 7. The highest BCUT2D eigenvalue weighted by atomic mass is 35.5. The van der Waals surface area contributed by atoms with E-state index in [1.54, 1.807) is 54.6 Å². The van der Waals surface area contributed by atoms with Crippen molar-refractivity contribution in [1.82, 2.24) is 10.2 Å². The van der Waals surface area contributed by atoms with Crippen molar-refractivity contribution in [2.75, 3.05) is 31.8 Å². The van der Waals surface area contributed by atoms with E-state index in [9.17, 15) is 24.3 Å². The van der Waals surface area contributed by atoms with Crippen LogP contribution in [0.5, 0.6) is 0 Å². The van der Waals surface area contributed by atoms with Crippen molar-refractivity contribution >= 4 is 41.0 Å². The summed E-state index contributed by atoms with van der Waals surface area (Å²) >= 11 is 6.20. The van der Waals surface area contributed by atoms with Crippen molar-refractivity contribution in [3.05, 3.63) is 89.5 Å². The molecule has 0 unspecified atom stereocenters. The average Bonchev–Trinajstić information content (AvgIpc) is 3.73. The number of aliphatic hydroxyl groups excluding tert-OH is 1. The molecule has 5 bridgehead atoms. The highest BCUT2D eigenvalue weighted by molar-refractivity contribution is 6.30. The van der Waals surface area contributed by atoms with Crippen LogP contribution >= 0.6 is 11.6 Å². The van der Waals surface area contributed by atoms with Crippen LogP contribution in [0.15, 0.2) is 78.9 Å². The summed E-state index contributed by atoms with van der Waals surface area (Å²) in [4.78, 5) is 60.2. The number of benzene rings is 2. The standard InChI is InChI=1S/C37H42ClN3O8/c1-22(2)27(20-42)41-33-35(45)40(25-15-13-24(38)14-16-25)19-9-5-8-12-29(43)39-26(21-47-3)32(23-10-6-4-7-11-23)48-36(46)30-28-17-18-37(33,49-28)31(30)34(41)44/h4-7,9-11,13-18,22,26-28,30-33,42H,8,12,19-21H2,1-3H3,(H,39,43)/b9-5-/t26-,27-,28+,30-,31-,32-,33+,37-/m0/s1. The molecule has 2 saturated heterocycles. The Morgan fingerprint density at radius 2 is 1.78 bits per heavy atom. The van der Waals surface area contributed by atoms with Gasteiger partial charge < -0.3 is 34.4 Å². The van der Waals surface area contributed by atoms with Crippen molar-refractivity contribution in [3.8, 4) is 0 Å². The Morgan fingerprint density at radius 3 is 2.45 bits per heavy atom. The third-order valence-corrected chi connectivity index (χ3v) is 10.2. The zero-order valence-electron chi connectivity index (χ0n) is 27.7. The first-order valence-corrected chi connectivity index (χ1v) is 17.0. The molecule has 0 radical (unpaired) electrons. The van der Waals surface area contributed by atoms with E-state index in [1.165, 1.54) is 16.9 Å². The molecule has 11 nitrogen and oxygen atoms in total. The van der Waals surface area contributed by atoms with Gasteiger partial charge in [-0.3, -0.25) is 19.2 Å². The summed E-state index contributed by atoms with van der Waals surface area (Å²) in [5, 5.41) is 14.1. The summed E-state index contributed by atoms with van der Waals surface area (Å²) in [6.07, 6.45) is 5.81. The highest BCUT2D eigenvalue weighted by Crippen LogP contribution is 2.56. The normalized spacial score (nSPS) is 31.6. The van der Waals surface area contributed by atoms with Gasteiger partial charge in [0.05, 0.1) is 37.3 Å². The maximum Gasteiger partial charge on any atom is 0.313 e. The zero-order valence-corrected chi connectivity index (χ0v) is 28.5. The molecule has 4 aliphatic heterocycles. The number of methoxy groups -OCH3 is 1. The third kappa shape index (κ3) is 6.40. The third-order valence-electron chi connectivity index (χ3n) is 9.96. The molecule has 12 heteroatoms. The second-order valence-corrected chi connectivity index (χ2v) is 13.7. The molecule has 0 aliphatic carbocycles. The first kappa shape index (κ1) is 34.8. The number of hydrogen-bond acceptors (Lipinski definition) is 8. The zero-order chi connectivity index (χ0) is 34.9. The number of allylic oxidation sites excluding steroid dienone is 1. The van der Waals surface area contributed by atoms with E-state index < -0.39 is 72.2 Å². The first-order chi connectivity index (χ1) is 23.6. The predicted molar refractivity (Wildman–Crippen MR) is 181 cm³/mol. The van der Waals surface area contributed by atoms with Crippen LogP contribution in [-0.4, -0.2) is 90.4 Å². The number of fused-ring (bicyclic) bond motifs is 2. The van der Waals surface area contributed by atoms with E-state index in [-0.39, 0.29) is 31.4 Å². The molecule has 2 fully saturated rings. The molecule has 0 aromatic heterocycles. The fourth-order valence-corrected chi connectivity index (χ4v) is 7.76. The van der Waals surface area contributed by atoms with Crippen LogP contribution in [0.4, 0.5) is 5.69 Å². The van der Waals surface area contributed by atoms with Crippen LogP contribution in [0.25, 0.3) is 0 Å². The quantitative estimate of drug-likeness (QED) is 0.332. The molecule has 1 spiro atoms. The second-order valence-electron chi connectivity index (χ2n) is 13.3. The molecule has 4 aliphatic rings. The summed E-state index contributed by atoms with van der Waals surface area (Å²) in [7, 11) is 1.50. The molecule has 6 rings (SSSR count). The number of anilines is 1. The molecule has 3 amide bonds. The molecular formula is C37H42ClN3O8. The van der Waals surface area contributed by atoms with Gasteiger partial charge in [-0.05, 0) is 42.2 Å². The van der Waals surface area contributed by atoms with Gasteiger partial charge in [0.25, 0.3) is 5.91 Å². The van der Waals surface area contributed by atoms with Gasteiger partial charge in [0.15, 0.2) is 0 Å². The Balaban J connectivity index is 1.48. The van der Waals surface area contributed by atoms with Crippen molar-refractivity contribution < 1.29 is 38.5 Å². The second kappa shape index (κ2) is 14.4. The Hall–Kier alpha value is -4.03. The van der Waals surface area contributed by atoms with E-state index in [0.717, 1.165) is 0 Å². The van der Waals surface area contributed by atoms with Crippen LogP contribution in [0.3, 0.4) is 0 Å². The number of esters is 1. The van der Waals surface area contributed by atoms with Crippen LogP contribution in [0.1, 0.15) is 38.4 Å². The van der Waals surface area contributed by atoms with E-state index >= 15 is 0 Å². The van der Waals surface area contributed by atoms with Crippen molar-refractivity contribution in [1.29, 1.82) is 0 Å². The van der Waals surface area contributed by atoms with Gasteiger partial charge in [-0.1, -0.05) is 80.1 Å². The fourth-order valence-electron chi connectivity index (χ4n) is 7.63. The number of nitrogens with one attached hydrogen (secondary N) is 1. The van der Waals surface area contributed by atoms with E-state index in [2.05, 4.69) is 5.32 Å². The monoisotopic (exact) mass is 691 g/mol. The Labute approximate surface area is 290 Å². The van der Waals surface area contributed by atoms with Crippen LogP contribution in [-0.2, 0) is 33.4 Å².